The van der Waals surface area contributed by atoms with Gasteiger partial charge in [-0.25, -0.2) is 0 Å². The van der Waals surface area contributed by atoms with Crippen LogP contribution in [0.1, 0.15) is 6.42 Å². The van der Waals surface area contributed by atoms with E-state index in [0.717, 1.165) is 0 Å². The predicted molar refractivity (Wildman–Crippen MR) is 51.1 cm³/mol. The van der Waals surface area contributed by atoms with E-state index in [2.05, 4.69) is 10.1 Å². The van der Waals surface area contributed by atoms with Gasteiger partial charge < -0.3 is 10.1 Å². The molecule has 1 rings (SSSR count). The van der Waals surface area contributed by atoms with Gasteiger partial charge in [0.25, 0.3) is 0 Å². The molecule has 0 saturated carbocycles. The number of nitrogens with one attached hydrogen (secondary N) is 1. The van der Waals surface area contributed by atoms with Gasteiger partial charge in [0.2, 0.25) is 6.41 Å². The van der Waals surface area contributed by atoms with Crippen LogP contribution in [-0.4, -0.2) is 19.3 Å². The van der Waals surface area contributed by atoms with Gasteiger partial charge >= 0.3 is 6.36 Å². The van der Waals surface area contributed by atoms with E-state index in [9.17, 15) is 18.0 Å². The second kappa shape index (κ2) is 5.39. The Morgan fingerprint density at radius 2 is 2.19 bits per heavy atom. The molecule has 6 heteroatoms. The first-order valence-electron chi connectivity index (χ1n) is 4.50. The summed E-state index contributed by atoms with van der Waals surface area (Å²) < 4.78 is 39.5. The Bertz CT molecular complexity index is 342. The normalized spacial score (nSPS) is 15.9. The third kappa shape index (κ3) is 4.68. The Morgan fingerprint density at radius 3 is 2.81 bits per heavy atom. The van der Waals surface area contributed by atoms with Crippen molar-refractivity contribution >= 4 is 6.41 Å². The maximum atomic E-state index is 11.9. The van der Waals surface area contributed by atoms with Gasteiger partial charge in [0.1, 0.15) is 5.76 Å². The van der Waals surface area contributed by atoms with Crippen molar-refractivity contribution in [3.8, 4) is 0 Å². The zero-order chi connectivity index (χ0) is 12.0. The second-order valence-electron chi connectivity index (χ2n) is 3.03. The van der Waals surface area contributed by atoms with Crippen molar-refractivity contribution in [2.24, 2.45) is 0 Å². The third-order valence-corrected chi connectivity index (χ3v) is 1.77. The zero-order valence-electron chi connectivity index (χ0n) is 8.25. The van der Waals surface area contributed by atoms with Crippen molar-refractivity contribution in [1.82, 2.24) is 5.32 Å². The van der Waals surface area contributed by atoms with Crippen LogP contribution >= 0.6 is 0 Å². The van der Waals surface area contributed by atoms with E-state index in [4.69, 9.17) is 0 Å². The first kappa shape index (κ1) is 12.4. The Hall–Kier alpha value is -1.72. The molecule has 1 aliphatic carbocycles. The predicted octanol–water partition coefficient (Wildman–Crippen LogP) is 2.04. The van der Waals surface area contributed by atoms with E-state index in [0.29, 0.717) is 12.0 Å². The number of carbonyl (C=O) groups is 1. The fraction of sp³-hybridized carbons (Fsp3) is 0.300. The molecule has 16 heavy (non-hydrogen) atoms. The van der Waals surface area contributed by atoms with Crippen LogP contribution in [0.25, 0.3) is 0 Å². The minimum Gasteiger partial charge on any atom is -0.410 e. The number of ether oxygens (including phenoxy) is 1. The molecule has 1 aliphatic rings. The lowest BCUT2D eigenvalue weighted by molar-refractivity contribution is -0.305. The van der Waals surface area contributed by atoms with Gasteiger partial charge in [-0.3, -0.25) is 4.79 Å². The maximum Gasteiger partial charge on any atom is 0.572 e. The molecular formula is C10H10F3NO2. The van der Waals surface area contributed by atoms with Crippen LogP contribution in [0.2, 0.25) is 0 Å². The van der Waals surface area contributed by atoms with Gasteiger partial charge in [0.05, 0.1) is 0 Å². The molecule has 0 aliphatic heterocycles. The highest BCUT2D eigenvalue weighted by molar-refractivity contribution is 5.47. The molecule has 0 fully saturated rings. The summed E-state index contributed by atoms with van der Waals surface area (Å²) in [7, 11) is 0. The summed E-state index contributed by atoms with van der Waals surface area (Å²) in [5, 5.41) is 2.42. The molecule has 1 amide bonds. The Labute approximate surface area is 90.3 Å². The SMILES string of the molecule is O=CNCC1=CC=C(OC(F)(F)F)CC=C1. The number of hydrogen-bond donors (Lipinski definition) is 1. The molecule has 88 valence electrons. The number of allylic oxidation sites excluding steroid dienone is 3. The van der Waals surface area contributed by atoms with Crippen molar-refractivity contribution < 1.29 is 22.7 Å². The summed E-state index contributed by atoms with van der Waals surface area (Å²) in [6, 6.07) is 0. The van der Waals surface area contributed by atoms with Gasteiger partial charge in [-0.05, 0) is 11.6 Å². The highest BCUT2D eigenvalue weighted by atomic mass is 19.4. The van der Waals surface area contributed by atoms with E-state index < -0.39 is 6.36 Å². The summed E-state index contributed by atoms with van der Waals surface area (Å²) >= 11 is 0. The van der Waals surface area contributed by atoms with Crippen molar-refractivity contribution in [3.63, 3.8) is 0 Å². The average Bonchev–Trinajstić information content (AvgIpc) is 2.38. The van der Waals surface area contributed by atoms with E-state index >= 15 is 0 Å². The zero-order valence-corrected chi connectivity index (χ0v) is 8.25. The van der Waals surface area contributed by atoms with Gasteiger partial charge in [0, 0.05) is 13.0 Å². The largest absolute Gasteiger partial charge is 0.572 e. The molecule has 0 aromatic carbocycles. The smallest absolute Gasteiger partial charge is 0.410 e. The van der Waals surface area contributed by atoms with Crippen LogP contribution < -0.4 is 5.32 Å². The Balaban J connectivity index is 2.64. The van der Waals surface area contributed by atoms with Crippen molar-refractivity contribution in [2.75, 3.05) is 6.54 Å². The van der Waals surface area contributed by atoms with E-state index in [1.165, 1.54) is 12.2 Å². The molecule has 0 atom stereocenters. The summed E-state index contributed by atoms with van der Waals surface area (Å²) in [5.74, 6) is -0.176. The molecule has 0 spiro atoms. The highest BCUT2D eigenvalue weighted by Gasteiger charge is 2.31. The molecule has 3 nitrogen and oxygen atoms in total. The summed E-state index contributed by atoms with van der Waals surface area (Å²) in [6.45, 7) is 0.274. The molecule has 0 unspecified atom stereocenters. The summed E-state index contributed by atoms with van der Waals surface area (Å²) in [4.78, 5) is 10.0. The van der Waals surface area contributed by atoms with Crippen LogP contribution in [0.5, 0.6) is 0 Å². The number of amides is 1. The number of halogens is 3. The van der Waals surface area contributed by atoms with Crippen LogP contribution in [0.4, 0.5) is 13.2 Å². The maximum absolute atomic E-state index is 11.9. The Kier molecular flexibility index (Phi) is 4.16. The molecule has 0 bridgehead atoms. The molecule has 0 aromatic heterocycles. The molecule has 0 radical (unpaired) electrons. The van der Waals surface area contributed by atoms with Gasteiger partial charge in [-0.2, -0.15) is 0 Å². The minimum atomic E-state index is -4.67. The quantitative estimate of drug-likeness (QED) is 0.754. The van der Waals surface area contributed by atoms with Crippen LogP contribution in [0.15, 0.2) is 35.6 Å². The second-order valence-corrected chi connectivity index (χ2v) is 3.03. The van der Waals surface area contributed by atoms with Crippen molar-refractivity contribution in [2.45, 2.75) is 12.8 Å². The number of carbonyl (C=O) groups excluding carboxylic acids is 1. The van der Waals surface area contributed by atoms with E-state index in [1.54, 1.807) is 12.2 Å². The standard InChI is InChI=1S/C10H10F3NO2/c11-10(12,13)16-9-3-1-2-8(4-5-9)6-14-7-15/h1-2,4-5,7H,3,6H2,(H,14,15). The Morgan fingerprint density at radius 1 is 1.44 bits per heavy atom. The lowest BCUT2D eigenvalue weighted by Crippen LogP contribution is -2.13. The first-order valence-corrected chi connectivity index (χ1v) is 4.50. The average molecular weight is 233 g/mol. The molecular weight excluding hydrogens is 223 g/mol. The topological polar surface area (TPSA) is 38.3 Å². The molecule has 0 saturated heterocycles. The number of alkyl halides is 3. The van der Waals surface area contributed by atoms with Crippen molar-refractivity contribution in [1.29, 1.82) is 0 Å². The van der Waals surface area contributed by atoms with Gasteiger partial charge in [-0.1, -0.05) is 18.2 Å². The lowest BCUT2D eigenvalue weighted by atomic mass is 10.2. The summed E-state index contributed by atoms with van der Waals surface area (Å²) in [5.41, 5.74) is 0.702. The van der Waals surface area contributed by atoms with E-state index in [-0.39, 0.29) is 18.7 Å². The number of hydrogen-bond acceptors (Lipinski definition) is 2. The number of rotatable bonds is 4. The third-order valence-electron chi connectivity index (χ3n) is 1.77. The lowest BCUT2D eigenvalue weighted by Gasteiger charge is -2.09. The van der Waals surface area contributed by atoms with Gasteiger partial charge in [0.15, 0.2) is 0 Å². The fourth-order valence-electron chi connectivity index (χ4n) is 1.15. The van der Waals surface area contributed by atoms with Crippen LogP contribution in [-0.2, 0) is 9.53 Å². The summed E-state index contributed by atoms with van der Waals surface area (Å²) in [6.07, 6.45) is 1.83. The monoisotopic (exact) mass is 233 g/mol. The van der Waals surface area contributed by atoms with Crippen molar-refractivity contribution in [3.05, 3.63) is 35.6 Å². The molecule has 1 N–H and O–H groups in total. The highest BCUT2D eigenvalue weighted by Crippen LogP contribution is 2.24. The first-order chi connectivity index (χ1) is 7.51. The minimum absolute atomic E-state index is 0.0700. The fourth-order valence-corrected chi connectivity index (χ4v) is 1.15. The van der Waals surface area contributed by atoms with E-state index in [1.807, 2.05) is 0 Å². The molecule has 0 aromatic rings. The van der Waals surface area contributed by atoms with Crippen LogP contribution in [0.3, 0.4) is 0 Å². The molecule has 0 heterocycles. The van der Waals surface area contributed by atoms with Gasteiger partial charge in [-0.15, -0.1) is 13.2 Å². The van der Waals surface area contributed by atoms with Crippen LogP contribution in [0, 0.1) is 0 Å².